The van der Waals surface area contributed by atoms with Crippen LogP contribution < -0.4 is 5.32 Å². The van der Waals surface area contributed by atoms with Crippen molar-refractivity contribution < 1.29 is 18.0 Å². The van der Waals surface area contributed by atoms with Gasteiger partial charge in [-0.3, -0.25) is 4.79 Å². The van der Waals surface area contributed by atoms with E-state index in [2.05, 4.69) is 10.2 Å². The Morgan fingerprint density at radius 2 is 1.83 bits per heavy atom. The molecule has 3 nitrogen and oxygen atoms in total. The number of nitrogens with zero attached hydrogens (tertiary/aromatic N) is 1. The van der Waals surface area contributed by atoms with E-state index < -0.39 is 22.7 Å². The zero-order valence-corrected chi connectivity index (χ0v) is 16.9. The predicted octanol–water partition coefficient (Wildman–Crippen LogP) is 5.70. The fourth-order valence-corrected chi connectivity index (χ4v) is 4.23. The van der Waals surface area contributed by atoms with Gasteiger partial charge >= 0.3 is 6.18 Å². The molecule has 1 N–H and O–H groups in total. The Kier molecular flexibility index (Phi) is 6.85. The molecule has 0 spiro atoms. The molecule has 1 saturated heterocycles. The van der Waals surface area contributed by atoms with Crippen LogP contribution in [0.3, 0.4) is 0 Å². The number of halogens is 4. The monoisotopic (exact) mass is 424 g/mol. The number of rotatable bonds is 4. The van der Waals surface area contributed by atoms with E-state index >= 15 is 0 Å². The summed E-state index contributed by atoms with van der Waals surface area (Å²) in [5.74, 6) is -0.604. The molecule has 1 heterocycles. The summed E-state index contributed by atoms with van der Waals surface area (Å²) < 4.78 is 39.6. The fraction of sp³-hybridized carbons (Fsp3) is 0.409. The largest absolute Gasteiger partial charge is 0.417 e. The van der Waals surface area contributed by atoms with Gasteiger partial charge in [0.1, 0.15) is 0 Å². The number of benzene rings is 2. The number of hydrogen-bond acceptors (Lipinski definition) is 2. The number of carbonyl (C=O) groups is 1. The van der Waals surface area contributed by atoms with E-state index in [4.69, 9.17) is 11.6 Å². The molecule has 156 valence electrons. The molecule has 1 amide bonds. The van der Waals surface area contributed by atoms with Gasteiger partial charge in [-0.15, -0.1) is 0 Å². The Balaban J connectivity index is 1.93. The molecule has 0 radical (unpaired) electrons. The topological polar surface area (TPSA) is 32.3 Å². The summed E-state index contributed by atoms with van der Waals surface area (Å²) >= 11 is 5.97. The molecule has 2 atom stereocenters. The number of hydrogen-bond donors (Lipinski definition) is 1. The van der Waals surface area contributed by atoms with Crippen molar-refractivity contribution in [3.8, 4) is 0 Å². The van der Waals surface area contributed by atoms with E-state index in [9.17, 15) is 18.0 Å². The van der Waals surface area contributed by atoms with Crippen molar-refractivity contribution in [2.45, 2.75) is 43.9 Å². The molecule has 0 bridgehead atoms. The molecule has 1 fully saturated rings. The normalized spacial score (nSPS) is 19.4. The number of nitrogens with one attached hydrogen (secondary N) is 1. The number of alkyl halides is 3. The van der Waals surface area contributed by atoms with E-state index in [0.29, 0.717) is 0 Å². The lowest BCUT2D eigenvalue weighted by atomic mass is 9.94. The first kappa shape index (κ1) is 21.7. The van der Waals surface area contributed by atoms with Crippen molar-refractivity contribution in [2.24, 2.45) is 0 Å². The van der Waals surface area contributed by atoms with Crippen LogP contribution in [-0.4, -0.2) is 30.4 Å². The van der Waals surface area contributed by atoms with E-state index in [1.807, 2.05) is 37.4 Å². The van der Waals surface area contributed by atoms with Crippen molar-refractivity contribution in [3.05, 3.63) is 70.2 Å². The average molecular weight is 425 g/mol. The minimum atomic E-state index is -4.62. The smallest absolute Gasteiger partial charge is 0.344 e. The van der Waals surface area contributed by atoms with Crippen LogP contribution in [0.4, 0.5) is 13.2 Å². The van der Waals surface area contributed by atoms with Gasteiger partial charge in [-0.05, 0) is 44.1 Å². The van der Waals surface area contributed by atoms with Crippen LogP contribution in [0.1, 0.15) is 53.2 Å². The van der Waals surface area contributed by atoms with Crippen LogP contribution in [0.5, 0.6) is 0 Å². The van der Waals surface area contributed by atoms with Crippen LogP contribution in [0.25, 0.3) is 0 Å². The summed E-state index contributed by atoms with van der Waals surface area (Å²) in [4.78, 5) is 15.2. The van der Waals surface area contributed by atoms with Gasteiger partial charge in [-0.1, -0.05) is 60.8 Å². The van der Waals surface area contributed by atoms with Gasteiger partial charge in [0.25, 0.3) is 5.91 Å². The highest BCUT2D eigenvalue weighted by atomic mass is 35.5. The number of carbonyl (C=O) groups excluding carboxylic acids is 1. The van der Waals surface area contributed by atoms with Crippen molar-refractivity contribution in [1.29, 1.82) is 0 Å². The molecule has 3 rings (SSSR count). The maximum Gasteiger partial charge on any atom is 0.417 e. The quantitative estimate of drug-likeness (QED) is 0.682. The van der Waals surface area contributed by atoms with E-state index in [-0.39, 0.29) is 17.6 Å². The van der Waals surface area contributed by atoms with Gasteiger partial charge in [0.05, 0.1) is 22.2 Å². The first-order valence-electron chi connectivity index (χ1n) is 9.71. The van der Waals surface area contributed by atoms with Gasteiger partial charge in [0, 0.05) is 6.04 Å². The lowest BCUT2D eigenvalue weighted by Crippen LogP contribution is -2.44. The van der Waals surface area contributed by atoms with Crippen molar-refractivity contribution in [3.63, 3.8) is 0 Å². The maximum atomic E-state index is 13.2. The van der Waals surface area contributed by atoms with E-state index in [1.165, 1.54) is 12.1 Å². The molecule has 1 aliphatic heterocycles. The Morgan fingerprint density at radius 1 is 1.10 bits per heavy atom. The molecule has 0 saturated carbocycles. The Labute approximate surface area is 173 Å². The summed E-state index contributed by atoms with van der Waals surface area (Å²) in [5, 5.41) is 2.39. The lowest BCUT2D eigenvalue weighted by Gasteiger charge is -2.34. The molecule has 7 heteroatoms. The highest BCUT2D eigenvalue weighted by Gasteiger charge is 2.35. The molecule has 2 aromatic rings. The molecule has 29 heavy (non-hydrogen) atoms. The summed E-state index contributed by atoms with van der Waals surface area (Å²) in [5.41, 5.74) is -0.254. The van der Waals surface area contributed by atoms with Crippen LogP contribution in [-0.2, 0) is 6.18 Å². The van der Waals surface area contributed by atoms with Crippen LogP contribution >= 0.6 is 11.6 Å². The minimum Gasteiger partial charge on any atom is -0.344 e. The van der Waals surface area contributed by atoms with Crippen molar-refractivity contribution in [1.82, 2.24) is 10.2 Å². The number of amides is 1. The van der Waals surface area contributed by atoms with Crippen LogP contribution in [0.2, 0.25) is 5.02 Å². The van der Waals surface area contributed by atoms with Gasteiger partial charge < -0.3 is 10.2 Å². The molecule has 0 unspecified atom stereocenters. The zero-order valence-electron chi connectivity index (χ0n) is 16.2. The van der Waals surface area contributed by atoms with Gasteiger partial charge in [-0.2, -0.15) is 13.2 Å². The van der Waals surface area contributed by atoms with Crippen molar-refractivity contribution in [2.75, 3.05) is 13.6 Å². The molecule has 2 aromatic carbocycles. The average Bonchev–Trinajstić information content (AvgIpc) is 2.90. The second-order valence-corrected chi connectivity index (χ2v) is 7.80. The lowest BCUT2D eigenvalue weighted by molar-refractivity contribution is -0.137. The molecule has 0 aromatic heterocycles. The third-order valence-electron chi connectivity index (χ3n) is 5.46. The number of likely N-dealkylation sites (tertiary alicyclic amines) is 1. The molecule has 1 aliphatic rings. The molecular formula is C22H24ClF3N2O. The van der Waals surface area contributed by atoms with Crippen LogP contribution in [0, 0.1) is 0 Å². The van der Waals surface area contributed by atoms with Crippen molar-refractivity contribution >= 4 is 17.5 Å². The predicted molar refractivity (Wildman–Crippen MR) is 108 cm³/mol. The summed E-state index contributed by atoms with van der Waals surface area (Å²) in [6.45, 7) is 0.911. The summed E-state index contributed by atoms with van der Waals surface area (Å²) in [6.07, 6.45) is -0.476. The first-order chi connectivity index (χ1) is 13.8. The Bertz CT molecular complexity index is 842. The van der Waals surface area contributed by atoms with E-state index in [1.54, 1.807) is 0 Å². The van der Waals surface area contributed by atoms with Crippen LogP contribution in [0.15, 0.2) is 48.5 Å². The van der Waals surface area contributed by atoms with Gasteiger partial charge in [-0.25, -0.2) is 0 Å². The third-order valence-corrected chi connectivity index (χ3v) is 5.86. The SMILES string of the molecule is CN1CCCCC[C@H]1[C@H](NC(=O)c1cccc(C(F)(F)F)c1Cl)c1ccccc1. The van der Waals surface area contributed by atoms with Gasteiger partial charge in [0.2, 0.25) is 0 Å². The standard InChI is InChI=1S/C22H24ClF3N2O/c1-28-14-7-3-6-13-18(28)20(15-9-4-2-5-10-15)27-21(29)16-11-8-12-17(19(16)23)22(24,25)26/h2,4-5,8-12,18,20H,3,6-7,13-14H2,1H3,(H,27,29)/t18-,20+/m0/s1. The zero-order chi connectivity index (χ0) is 21.0. The van der Waals surface area contributed by atoms with E-state index in [0.717, 1.165) is 43.9 Å². The second kappa shape index (κ2) is 9.18. The highest BCUT2D eigenvalue weighted by molar-refractivity contribution is 6.34. The maximum absolute atomic E-state index is 13.2. The first-order valence-corrected chi connectivity index (χ1v) is 10.1. The minimum absolute atomic E-state index is 0.0495. The summed E-state index contributed by atoms with van der Waals surface area (Å²) in [7, 11) is 2.02. The summed E-state index contributed by atoms with van der Waals surface area (Å²) in [6, 6.07) is 12.6. The highest BCUT2D eigenvalue weighted by Crippen LogP contribution is 2.36. The third kappa shape index (κ3) is 5.11. The second-order valence-electron chi connectivity index (χ2n) is 7.42. The fourth-order valence-electron chi connectivity index (χ4n) is 3.91. The van der Waals surface area contributed by atoms with Gasteiger partial charge in [0.15, 0.2) is 0 Å². The molecule has 0 aliphatic carbocycles. The Morgan fingerprint density at radius 3 is 2.52 bits per heavy atom. The molecular weight excluding hydrogens is 401 g/mol. The Hall–Kier alpha value is -2.05. The number of likely N-dealkylation sites (N-methyl/N-ethyl adjacent to an activating group) is 1.